The first kappa shape index (κ1) is 54.3. The Labute approximate surface area is 321 Å². The molecule has 2 aromatic heterocycles. The van der Waals surface area contributed by atoms with Crippen LogP contribution in [0.15, 0.2) is 36.4 Å². The van der Waals surface area contributed by atoms with E-state index < -0.39 is 133 Å². The van der Waals surface area contributed by atoms with Crippen molar-refractivity contribution in [3.8, 4) is 11.4 Å². The van der Waals surface area contributed by atoms with E-state index >= 15 is 0 Å². The zero-order valence-electron chi connectivity index (χ0n) is 28.3. The molecular formula is C28H14F30N2O2. The number of alkyl halides is 30. The normalized spacial score (nSPS) is 15.6. The van der Waals surface area contributed by atoms with Gasteiger partial charge in [-0.25, -0.2) is 9.97 Å². The van der Waals surface area contributed by atoms with E-state index in [9.17, 15) is 132 Å². The zero-order valence-corrected chi connectivity index (χ0v) is 28.3. The van der Waals surface area contributed by atoms with Crippen LogP contribution in [0.4, 0.5) is 132 Å². The highest BCUT2D eigenvalue weighted by Crippen LogP contribution is 2.64. The van der Waals surface area contributed by atoms with Gasteiger partial charge < -0.3 is 9.47 Å². The monoisotopic (exact) mass is 980 g/mol. The van der Waals surface area contributed by atoms with Crippen molar-refractivity contribution in [2.24, 2.45) is 0 Å². The minimum Gasteiger partial charge on any atom is -0.369 e. The van der Waals surface area contributed by atoms with Gasteiger partial charge in [0.05, 0.1) is 36.0 Å². The van der Waals surface area contributed by atoms with Crippen LogP contribution in [-0.2, 0) is 22.7 Å². The molecule has 0 N–H and O–H groups in total. The summed E-state index contributed by atoms with van der Waals surface area (Å²) in [7, 11) is 0. The van der Waals surface area contributed by atoms with E-state index in [2.05, 4.69) is 19.4 Å². The average Bonchev–Trinajstić information content (AvgIpc) is 3.10. The fourth-order valence-corrected chi connectivity index (χ4v) is 4.15. The van der Waals surface area contributed by atoms with E-state index in [1.54, 1.807) is 0 Å². The Morgan fingerprint density at radius 1 is 0.306 bits per heavy atom. The highest BCUT2D eigenvalue weighted by Gasteiger charge is 2.95. The lowest BCUT2D eigenvalue weighted by Gasteiger charge is -2.41. The van der Waals surface area contributed by atoms with Gasteiger partial charge in [-0.15, -0.1) is 0 Å². The largest absolute Gasteiger partial charge is 0.460 e. The Morgan fingerprint density at radius 3 is 0.774 bits per heavy atom. The van der Waals surface area contributed by atoms with Crippen molar-refractivity contribution < 1.29 is 141 Å². The van der Waals surface area contributed by atoms with E-state index in [-0.39, 0.29) is 0 Å². The standard InChI is InChI=1S/C28H14F30N2O2/c29-15(30,17(33,34)19(37,38)21(41,42)23(45,46)25(49,50)27(53,54)55)9-61-7-11-3-1-5-13(59-11)14-6-2-4-12(60-14)8-62-10-16(31,32)18(35,36)20(39,40)22(43,44)24(47,48)26(51,52)28(56,57)58/h1-6H,7-10H2. The van der Waals surface area contributed by atoms with Gasteiger partial charge in [-0.2, -0.15) is 132 Å². The van der Waals surface area contributed by atoms with Gasteiger partial charge in [-0.3, -0.25) is 0 Å². The molecule has 4 nitrogen and oxygen atoms in total. The topological polar surface area (TPSA) is 44.2 Å². The molecule has 0 bridgehead atoms. The minimum atomic E-state index is -8.57. The van der Waals surface area contributed by atoms with Gasteiger partial charge >= 0.3 is 83.4 Å². The summed E-state index contributed by atoms with van der Waals surface area (Å²) in [6.07, 6.45) is -15.7. The number of halogens is 30. The van der Waals surface area contributed by atoms with Crippen molar-refractivity contribution >= 4 is 0 Å². The van der Waals surface area contributed by atoms with Gasteiger partial charge in [-0.1, -0.05) is 12.1 Å². The van der Waals surface area contributed by atoms with E-state index in [0.717, 1.165) is 24.3 Å². The molecule has 62 heavy (non-hydrogen) atoms. The summed E-state index contributed by atoms with van der Waals surface area (Å²) in [5, 5.41) is 0. The van der Waals surface area contributed by atoms with Gasteiger partial charge in [0, 0.05) is 0 Å². The van der Waals surface area contributed by atoms with Crippen LogP contribution >= 0.6 is 0 Å². The molecule has 0 saturated carbocycles. The highest BCUT2D eigenvalue weighted by molar-refractivity contribution is 5.54. The molecule has 0 aliphatic heterocycles. The van der Waals surface area contributed by atoms with Crippen molar-refractivity contribution in [3.63, 3.8) is 0 Å². The van der Waals surface area contributed by atoms with Crippen LogP contribution in [-0.4, -0.2) is 107 Å². The number of pyridine rings is 2. The van der Waals surface area contributed by atoms with Gasteiger partial charge in [0.15, 0.2) is 0 Å². The molecule has 0 atom stereocenters. The zero-order chi connectivity index (χ0) is 49.2. The molecule has 0 spiro atoms. The van der Waals surface area contributed by atoms with Gasteiger partial charge in [-0.05, 0) is 24.3 Å². The molecule has 0 aromatic carbocycles. The second-order valence-electron chi connectivity index (χ2n) is 12.2. The lowest BCUT2D eigenvalue weighted by Crippen LogP contribution is -2.73. The molecule has 0 aliphatic carbocycles. The Kier molecular flexibility index (Phi) is 14.0. The summed E-state index contributed by atoms with van der Waals surface area (Å²) >= 11 is 0. The second kappa shape index (κ2) is 16.0. The fraction of sp³-hybridized carbons (Fsp3) is 0.643. The van der Waals surface area contributed by atoms with Crippen LogP contribution in [0.3, 0.4) is 0 Å². The quantitative estimate of drug-likeness (QED) is 0.132. The Morgan fingerprint density at radius 2 is 0.532 bits per heavy atom. The molecule has 0 amide bonds. The summed E-state index contributed by atoms with van der Waals surface area (Å²) in [6, 6.07) is 4.57. The SMILES string of the molecule is FC(F)(F)C(F)(F)C(F)(F)C(F)(F)C(F)(F)C(F)(F)C(F)(F)COCc1cccc(-c2cccc(COCC(F)(F)C(F)(F)C(F)(F)C(F)(F)C(F)(F)C(F)(F)C(F)(F)F)n2)n1. The molecule has 0 aliphatic rings. The molecule has 0 unspecified atom stereocenters. The van der Waals surface area contributed by atoms with E-state index in [0.29, 0.717) is 12.1 Å². The number of hydrogen-bond donors (Lipinski definition) is 0. The Bertz CT molecular complexity index is 1740. The molecular weight excluding hydrogens is 966 g/mol. The van der Waals surface area contributed by atoms with Crippen molar-refractivity contribution in [3.05, 3.63) is 47.8 Å². The maximum absolute atomic E-state index is 14.1. The van der Waals surface area contributed by atoms with Crippen molar-refractivity contribution in [1.82, 2.24) is 9.97 Å². The molecule has 34 heteroatoms. The smallest absolute Gasteiger partial charge is 0.369 e. The summed E-state index contributed by atoms with van der Waals surface area (Å²) in [5.41, 5.74) is -2.87. The molecule has 358 valence electrons. The Hall–Kier alpha value is -3.88. The van der Waals surface area contributed by atoms with Crippen LogP contribution in [0.25, 0.3) is 11.4 Å². The third kappa shape index (κ3) is 8.44. The molecule has 0 saturated heterocycles. The highest BCUT2D eigenvalue weighted by atomic mass is 19.4. The molecule has 2 heterocycles. The predicted octanol–water partition coefficient (Wildman–Crippen LogP) is 11.9. The number of nitrogens with zero attached hydrogens (tertiary/aromatic N) is 2. The summed E-state index contributed by atoms with van der Waals surface area (Å²) in [6.45, 7) is -9.72. The van der Waals surface area contributed by atoms with Crippen LogP contribution in [0, 0.1) is 0 Å². The summed E-state index contributed by atoms with van der Waals surface area (Å²) in [4.78, 5) is 7.03. The van der Waals surface area contributed by atoms with Crippen LogP contribution in [0.2, 0.25) is 0 Å². The number of rotatable bonds is 19. The summed E-state index contributed by atoms with van der Waals surface area (Å²) in [5.74, 6) is -96.8. The van der Waals surface area contributed by atoms with Gasteiger partial charge in [0.25, 0.3) is 0 Å². The van der Waals surface area contributed by atoms with Crippen molar-refractivity contribution in [2.75, 3.05) is 13.2 Å². The van der Waals surface area contributed by atoms with Crippen LogP contribution in [0.1, 0.15) is 11.4 Å². The van der Waals surface area contributed by atoms with Gasteiger partial charge in [0.2, 0.25) is 0 Å². The lowest BCUT2D eigenvalue weighted by molar-refractivity contribution is -0.453. The van der Waals surface area contributed by atoms with E-state index in [1.807, 2.05) is 0 Å². The first-order chi connectivity index (χ1) is 27.1. The minimum absolute atomic E-state index is 0.612. The maximum Gasteiger partial charge on any atom is 0.460 e. The first-order valence-electron chi connectivity index (χ1n) is 14.9. The maximum atomic E-state index is 14.1. The average molecular weight is 980 g/mol. The second-order valence-corrected chi connectivity index (χ2v) is 12.2. The number of aromatic nitrogens is 2. The molecule has 0 fully saturated rings. The molecule has 0 radical (unpaired) electrons. The molecule has 2 rings (SSSR count). The van der Waals surface area contributed by atoms with E-state index in [1.165, 1.54) is 0 Å². The number of hydrogen-bond acceptors (Lipinski definition) is 4. The predicted molar refractivity (Wildman–Crippen MR) is 138 cm³/mol. The number of ether oxygens (including phenoxy) is 2. The van der Waals surface area contributed by atoms with Crippen LogP contribution in [0.5, 0.6) is 0 Å². The van der Waals surface area contributed by atoms with Crippen LogP contribution < -0.4 is 0 Å². The Balaban J connectivity index is 2.25. The third-order valence-corrected chi connectivity index (χ3v) is 7.73. The third-order valence-electron chi connectivity index (χ3n) is 7.73. The van der Waals surface area contributed by atoms with Gasteiger partial charge in [0.1, 0.15) is 13.2 Å². The first-order valence-corrected chi connectivity index (χ1v) is 14.9. The summed E-state index contributed by atoms with van der Waals surface area (Å²) < 4.78 is 409. The van der Waals surface area contributed by atoms with E-state index in [4.69, 9.17) is 0 Å². The molecule has 2 aromatic rings. The lowest BCUT2D eigenvalue weighted by atomic mass is 9.91. The fourth-order valence-electron chi connectivity index (χ4n) is 4.15. The van der Waals surface area contributed by atoms with Crippen molar-refractivity contribution in [1.29, 1.82) is 0 Å². The van der Waals surface area contributed by atoms with Crippen molar-refractivity contribution in [2.45, 2.75) is 96.6 Å².